The van der Waals surface area contributed by atoms with Gasteiger partial charge in [0.1, 0.15) is 0 Å². The average Bonchev–Trinajstić information content (AvgIpc) is 1.99. The maximum Gasteiger partial charge on any atom is 0.318 e. The van der Waals surface area contributed by atoms with Crippen LogP contribution in [0.4, 0.5) is 13.6 Å². The summed E-state index contributed by atoms with van der Waals surface area (Å²) in [6.45, 7) is 4.18. The zero-order valence-corrected chi connectivity index (χ0v) is 9.26. The van der Waals surface area contributed by atoms with Crippen molar-refractivity contribution in [2.45, 2.75) is 32.7 Å². The quantitative estimate of drug-likeness (QED) is 0.750. The third kappa shape index (κ3) is 7.07. The zero-order chi connectivity index (χ0) is 12.1. The molecule has 6 heteroatoms. The summed E-state index contributed by atoms with van der Waals surface area (Å²) in [7, 11) is 0. The Labute approximate surface area is 88.3 Å². The second kappa shape index (κ2) is 5.85. The van der Waals surface area contributed by atoms with Gasteiger partial charge in [-0.05, 0) is 20.8 Å². The van der Waals surface area contributed by atoms with Crippen LogP contribution in [-0.4, -0.2) is 47.7 Å². The third-order valence-corrected chi connectivity index (χ3v) is 1.50. The molecule has 0 aromatic heterocycles. The molecule has 0 aliphatic rings. The molecule has 0 aliphatic heterocycles. The van der Waals surface area contributed by atoms with Gasteiger partial charge in [-0.25, -0.2) is 13.6 Å². The maximum atomic E-state index is 12.1. The van der Waals surface area contributed by atoms with E-state index >= 15 is 0 Å². The van der Waals surface area contributed by atoms with Gasteiger partial charge >= 0.3 is 6.03 Å². The number of hydrogen-bond acceptors (Lipinski definition) is 2. The van der Waals surface area contributed by atoms with Crippen molar-refractivity contribution in [1.29, 1.82) is 0 Å². The number of carbonyl (C=O) groups excluding carboxylic acids is 1. The smallest absolute Gasteiger partial charge is 0.318 e. The maximum absolute atomic E-state index is 12.1. The van der Waals surface area contributed by atoms with Crippen LogP contribution in [0.15, 0.2) is 0 Å². The van der Waals surface area contributed by atoms with E-state index in [2.05, 4.69) is 5.32 Å². The highest BCUT2D eigenvalue weighted by Gasteiger charge is 2.21. The van der Waals surface area contributed by atoms with Crippen LogP contribution in [0.2, 0.25) is 0 Å². The van der Waals surface area contributed by atoms with E-state index in [4.69, 9.17) is 5.11 Å². The van der Waals surface area contributed by atoms with E-state index in [0.29, 0.717) is 0 Å². The summed E-state index contributed by atoms with van der Waals surface area (Å²) in [4.78, 5) is 12.4. The lowest BCUT2D eigenvalue weighted by atomic mass is 10.1. The van der Waals surface area contributed by atoms with Gasteiger partial charge in [0.05, 0.1) is 13.2 Å². The van der Waals surface area contributed by atoms with E-state index in [1.54, 1.807) is 20.8 Å². The average molecular weight is 224 g/mol. The van der Waals surface area contributed by atoms with Gasteiger partial charge < -0.3 is 15.3 Å². The molecule has 90 valence electrons. The first-order valence-corrected chi connectivity index (χ1v) is 4.72. The molecule has 0 radical (unpaired) electrons. The molecular formula is C9H18F2N2O2. The summed E-state index contributed by atoms with van der Waals surface area (Å²) < 4.78 is 24.2. The van der Waals surface area contributed by atoms with Crippen LogP contribution in [0.1, 0.15) is 20.8 Å². The number of aliphatic hydroxyl groups is 1. The number of nitrogens with zero attached hydrogens (tertiary/aromatic N) is 1. The van der Waals surface area contributed by atoms with Crippen LogP contribution in [-0.2, 0) is 0 Å². The number of aliphatic hydroxyl groups excluding tert-OH is 1. The molecule has 2 N–H and O–H groups in total. The molecular weight excluding hydrogens is 206 g/mol. The number of amides is 2. The van der Waals surface area contributed by atoms with Crippen molar-refractivity contribution in [3.8, 4) is 0 Å². The van der Waals surface area contributed by atoms with E-state index in [-0.39, 0.29) is 13.2 Å². The number of carbonyl (C=O) groups is 1. The van der Waals surface area contributed by atoms with E-state index in [0.717, 1.165) is 4.90 Å². The van der Waals surface area contributed by atoms with Crippen molar-refractivity contribution < 1.29 is 18.7 Å². The number of nitrogens with one attached hydrogen (secondary N) is 1. The van der Waals surface area contributed by atoms with Gasteiger partial charge in [0, 0.05) is 12.1 Å². The predicted octanol–water partition coefficient (Wildman–Crippen LogP) is 1.05. The van der Waals surface area contributed by atoms with Crippen molar-refractivity contribution in [3.63, 3.8) is 0 Å². The lowest BCUT2D eigenvalue weighted by Crippen LogP contribution is -2.50. The number of alkyl halides is 2. The molecule has 0 aliphatic carbocycles. The lowest BCUT2D eigenvalue weighted by molar-refractivity contribution is 0.0882. The van der Waals surface area contributed by atoms with Gasteiger partial charge in [0.15, 0.2) is 0 Å². The molecule has 0 spiro atoms. The molecule has 2 amide bonds. The Hall–Kier alpha value is -0.910. The van der Waals surface area contributed by atoms with Gasteiger partial charge in [-0.3, -0.25) is 0 Å². The first-order chi connectivity index (χ1) is 6.76. The predicted molar refractivity (Wildman–Crippen MR) is 52.9 cm³/mol. The molecule has 0 unspecified atom stereocenters. The van der Waals surface area contributed by atoms with E-state index in [1.165, 1.54) is 0 Å². The molecule has 15 heavy (non-hydrogen) atoms. The minimum atomic E-state index is -2.60. The SMILES string of the molecule is CC(C)(C)NC(=O)N(CCO)CC(F)F. The van der Waals surface area contributed by atoms with Crippen molar-refractivity contribution in [2.24, 2.45) is 0 Å². The molecule has 0 atom stereocenters. The van der Waals surface area contributed by atoms with E-state index in [1.807, 2.05) is 0 Å². The molecule has 0 fully saturated rings. The summed E-state index contributed by atoms with van der Waals surface area (Å²) in [5.41, 5.74) is -0.479. The van der Waals surface area contributed by atoms with Crippen molar-refractivity contribution >= 4 is 6.03 Å². The fraction of sp³-hybridized carbons (Fsp3) is 0.889. The number of hydrogen-bond donors (Lipinski definition) is 2. The fourth-order valence-electron chi connectivity index (χ4n) is 0.963. The summed E-state index contributed by atoms with van der Waals surface area (Å²) >= 11 is 0. The van der Waals surface area contributed by atoms with Gasteiger partial charge in [0.25, 0.3) is 6.43 Å². The van der Waals surface area contributed by atoms with E-state index in [9.17, 15) is 13.6 Å². The van der Waals surface area contributed by atoms with Crippen molar-refractivity contribution in [1.82, 2.24) is 10.2 Å². The summed E-state index contributed by atoms with van der Waals surface area (Å²) in [5.74, 6) is 0. The highest BCUT2D eigenvalue weighted by molar-refractivity contribution is 5.74. The molecule has 0 saturated carbocycles. The van der Waals surface area contributed by atoms with Crippen LogP contribution < -0.4 is 5.32 Å². The van der Waals surface area contributed by atoms with Crippen LogP contribution in [0.3, 0.4) is 0 Å². The molecule has 0 bridgehead atoms. The van der Waals surface area contributed by atoms with E-state index < -0.39 is 24.5 Å². The highest BCUT2D eigenvalue weighted by Crippen LogP contribution is 2.03. The Morgan fingerprint density at radius 2 is 2.00 bits per heavy atom. The second-order valence-corrected chi connectivity index (χ2v) is 4.24. The Bertz CT molecular complexity index is 205. The Morgan fingerprint density at radius 3 is 2.33 bits per heavy atom. The van der Waals surface area contributed by atoms with Crippen LogP contribution in [0.5, 0.6) is 0 Å². The molecule has 0 saturated heterocycles. The van der Waals surface area contributed by atoms with Crippen molar-refractivity contribution in [3.05, 3.63) is 0 Å². The largest absolute Gasteiger partial charge is 0.395 e. The first kappa shape index (κ1) is 14.1. The van der Waals surface area contributed by atoms with Gasteiger partial charge in [-0.1, -0.05) is 0 Å². The minimum absolute atomic E-state index is 0.0910. The van der Waals surface area contributed by atoms with Crippen LogP contribution >= 0.6 is 0 Å². The van der Waals surface area contributed by atoms with Gasteiger partial charge in [0.2, 0.25) is 0 Å². The normalized spacial score (nSPS) is 11.7. The fourth-order valence-corrected chi connectivity index (χ4v) is 0.963. The van der Waals surface area contributed by atoms with Crippen molar-refractivity contribution in [2.75, 3.05) is 19.7 Å². The number of halogens is 2. The van der Waals surface area contributed by atoms with Crippen LogP contribution in [0.25, 0.3) is 0 Å². The molecule has 4 nitrogen and oxygen atoms in total. The zero-order valence-electron chi connectivity index (χ0n) is 9.26. The Kier molecular flexibility index (Phi) is 5.49. The first-order valence-electron chi connectivity index (χ1n) is 4.72. The second-order valence-electron chi connectivity index (χ2n) is 4.24. The standard InChI is InChI=1S/C9H18F2N2O2/c1-9(2,3)12-8(15)13(4-5-14)6-7(10)11/h7,14H,4-6H2,1-3H3,(H,12,15). The summed E-state index contributed by atoms with van der Waals surface area (Å²) in [5, 5.41) is 11.2. The summed E-state index contributed by atoms with van der Waals surface area (Å²) in [6, 6.07) is -0.586. The van der Waals surface area contributed by atoms with Gasteiger partial charge in [-0.2, -0.15) is 0 Å². The highest BCUT2D eigenvalue weighted by atomic mass is 19.3. The Balaban J connectivity index is 4.28. The van der Waals surface area contributed by atoms with Crippen LogP contribution in [0, 0.1) is 0 Å². The van der Waals surface area contributed by atoms with Gasteiger partial charge in [-0.15, -0.1) is 0 Å². The summed E-state index contributed by atoms with van der Waals surface area (Å²) in [6.07, 6.45) is -2.60. The molecule has 0 heterocycles. The molecule has 0 aromatic carbocycles. The minimum Gasteiger partial charge on any atom is -0.395 e. The monoisotopic (exact) mass is 224 g/mol. The number of rotatable bonds is 4. The topological polar surface area (TPSA) is 52.6 Å². The number of urea groups is 1. The molecule has 0 aromatic rings. The third-order valence-electron chi connectivity index (χ3n) is 1.50. The Morgan fingerprint density at radius 1 is 1.47 bits per heavy atom. The lowest BCUT2D eigenvalue weighted by Gasteiger charge is -2.27. The molecule has 0 rings (SSSR count).